The third-order valence-electron chi connectivity index (χ3n) is 2.95. The molecule has 1 N–H and O–H groups in total. The second-order valence-electron chi connectivity index (χ2n) is 4.52. The number of nitrogens with one attached hydrogen (secondary N) is 1. The van der Waals surface area contributed by atoms with Crippen LogP contribution in [0.2, 0.25) is 0 Å². The zero-order valence-corrected chi connectivity index (χ0v) is 11.5. The van der Waals surface area contributed by atoms with Crippen LogP contribution >= 0.6 is 0 Å². The van der Waals surface area contributed by atoms with Crippen LogP contribution in [-0.4, -0.2) is 21.2 Å². The van der Waals surface area contributed by atoms with Crippen molar-refractivity contribution in [2.75, 3.05) is 11.9 Å². The Morgan fingerprint density at radius 3 is 2.74 bits per heavy atom. The molecule has 0 aliphatic rings. The van der Waals surface area contributed by atoms with Gasteiger partial charge in [-0.1, -0.05) is 0 Å². The maximum Gasteiger partial charge on any atom is 0.417 e. The van der Waals surface area contributed by atoms with Gasteiger partial charge in [0.2, 0.25) is 0 Å². The molecule has 0 radical (unpaired) electrons. The Morgan fingerprint density at radius 2 is 2.17 bits per heavy atom. The lowest BCUT2D eigenvalue weighted by atomic mass is 10.1. The normalized spacial score (nSPS) is 11.0. The average molecular weight is 325 g/mol. The Labute approximate surface area is 128 Å². The molecule has 0 fully saturated rings. The van der Waals surface area contributed by atoms with Gasteiger partial charge >= 0.3 is 11.9 Å². The van der Waals surface area contributed by atoms with Crippen LogP contribution in [0.4, 0.5) is 24.5 Å². The highest BCUT2D eigenvalue weighted by molar-refractivity contribution is 5.53. The Hall–Kier alpha value is -3.09. The standard InChI is InChI=1S/C13H10F3N5O2/c14-13(15,16)12-2-1-10(5-9(12)6-17)18-3-4-20-8-11(7-19-20)21(22)23/h1-2,5,7-8,18H,3-4H2. The van der Waals surface area contributed by atoms with Crippen molar-refractivity contribution in [1.29, 1.82) is 5.26 Å². The van der Waals surface area contributed by atoms with Gasteiger partial charge in [-0.2, -0.15) is 23.5 Å². The van der Waals surface area contributed by atoms with Gasteiger partial charge in [-0.3, -0.25) is 14.8 Å². The van der Waals surface area contributed by atoms with Gasteiger partial charge in [0.05, 0.1) is 28.7 Å². The monoisotopic (exact) mass is 325 g/mol. The predicted molar refractivity (Wildman–Crippen MR) is 73.5 cm³/mol. The number of nitro groups is 1. The van der Waals surface area contributed by atoms with E-state index in [2.05, 4.69) is 10.4 Å². The summed E-state index contributed by atoms with van der Waals surface area (Å²) in [5, 5.41) is 25.9. The molecule has 2 aromatic rings. The molecule has 7 nitrogen and oxygen atoms in total. The average Bonchev–Trinajstić information content (AvgIpc) is 2.95. The molecule has 0 amide bonds. The molecule has 0 unspecified atom stereocenters. The van der Waals surface area contributed by atoms with Crippen molar-refractivity contribution in [3.05, 3.63) is 51.8 Å². The number of nitriles is 1. The number of anilines is 1. The van der Waals surface area contributed by atoms with E-state index in [1.807, 2.05) is 0 Å². The van der Waals surface area contributed by atoms with E-state index in [-0.39, 0.29) is 18.8 Å². The first-order valence-electron chi connectivity index (χ1n) is 6.33. The lowest BCUT2D eigenvalue weighted by Crippen LogP contribution is -2.12. The summed E-state index contributed by atoms with van der Waals surface area (Å²) in [7, 11) is 0. The van der Waals surface area contributed by atoms with Crippen molar-refractivity contribution < 1.29 is 18.1 Å². The van der Waals surface area contributed by atoms with E-state index in [1.165, 1.54) is 23.0 Å². The second kappa shape index (κ2) is 6.35. The molecule has 23 heavy (non-hydrogen) atoms. The van der Waals surface area contributed by atoms with E-state index in [9.17, 15) is 23.3 Å². The predicted octanol–water partition coefficient (Wildman–Crippen LogP) is 2.79. The van der Waals surface area contributed by atoms with E-state index in [1.54, 1.807) is 0 Å². The van der Waals surface area contributed by atoms with Crippen LogP contribution in [0.5, 0.6) is 0 Å². The van der Waals surface area contributed by atoms with Gasteiger partial charge in [0.25, 0.3) is 0 Å². The molecule has 1 heterocycles. The summed E-state index contributed by atoms with van der Waals surface area (Å²) in [5.74, 6) is 0. The first kappa shape index (κ1) is 16.3. The van der Waals surface area contributed by atoms with E-state index in [0.29, 0.717) is 5.69 Å². The van der Waals surface area contributed by atoms with Crippen molar-refractivity contribution in [2.24, 2.45) is 0 Å². The number of alkyl halides is 3. The molecular formula is C13H10F3N5O2. The van der Waals surface area contributed by atoms with Gasteiger partial charge < -0.3 is 5.32 Å². The Bertz CT molecular complexity index is 764. The number of hydrogen-bond donors (Lipinski definition) is 1. The first-order valence-corrected chi connectivity index (χ1v) is 6.33. The topological polar surface area (TPSA) is 96.8 Å². The highest BCUT2D eigenvalue weighted by Gasteiger charge is 2.33. The molecule has 0 bridgehead atoms. The van der Waals surface area contributed by atoms with E-state index in [4.69, 9.17) is 5.26 Å². The van der Waals surface area contributed by atoms with Gasteiger partial charge in [0.15, 0.2) is 0 Å². The SMILES string of the molecule is N#Cc1cc(NCCn2cc([N+](=O)[O-])cn2)ccc1C(F)(F)F. The van der Waals surface area contributed by atoms with Crippen LogP contribution < -0.4 is 5.32 Å². The molecule has 2 rings (SSSR count). The van der Waals surface area contributed by atoms with Crippen molar-refractivity contribution >= 4 is 11.4 Å². The van der Waals surface area contributed by atoms with Crippen LogP contribution in [0.3, 0.4) is 0 Å². The quantitative estimate of drug-likeness (QED) is 0.673. The molecule has 0 spiro atoms. The van der Waals surface area contributed by atoms with Gasteiger partial charge in [0, 0.05) is 12.2 Å². The van der Waals surface area contributed by atoms with Crippen molar-refractivity contribution in [1.82, 2.24) is 9.78 Å². The molecular weight excluding hydrogens is 315 g/mol. The molecule has 0 aliphatic heterocycles. The zero-order valence-electron chi connectivity index (χ0n) is 11.5. The fraction of sp³-hybridized carbons (Fsp3) is 0.231. The maximum atomic E-state index is 12.7. The Morgan fingerprint density at radius 1 is 1.43 bits per heavy atom. The van der Waals surface area contributed by atoms with E-state index in [0.717, 1.165) is 18.3 Å². The Balaban J connectivity index is 2.01. The zero-order chi connectivity index (χ0) is 17.0. The van der Waals surface area contributed by atoms with E-state index < -0.39 is 22.2 Å². The van der Waals surface area contributed by atoms with Crippen LogP contribution in [0, 0.1) is 21.4 Å². The number of benzene rings is 1. The first-order chi connectivity index (χ1) is 10.8. The fourth-order valence-electron chi connectivity index (χ4n) is 1.88. The summed E-state index contributed by atoms with van der Waals surface area (Å²) in [5.41, 5.74) is -1.27. The number of aromatic nitrogens is 2. The van der Waals surface area contributed by atoms with Crippen molar-refractivity contribution in [3.8, 4) is 6.07 Å². The molecule has 10 heteroatoms. The minimum atomic E-state index is -4.59. The van der Waals surface area contributed by atoms with Gasteiger partial charge in [-0.05, 0) is 18.2 Å². The van der Waals surface area contributed by atoms with Crippen molar-refractivity contribution in [3.63, 3.8) is 0 Å². The summed E-state index contributed by atoms with van der Waals surface area (Å²) in [6.45, 7) is 0.547. The summed E-state index contributed by atoms with van der Waals surface area (Å²) < 4.78 is 39.3. The van der Waals surface area contributed by atoms with Gasteiger partial charge in [-0.25, -0.2) is 0 Å². The number of nitrogens with zero attached hydrogens (tertiary/aromatic N) is 4. The van der Waals surface area contributed by atoms with E-state index >= 15 is 0 Å². The summed E-state index contributed by atoms with van der Waals surface area (Å²) >= 11 is 0. The van der Waals surface area contributed by atoms with Crippen LogP contribution in [-0.2, 0) is 12.7 Å². The molecule has 1 aromatic carbocycles. The smallest absolute Gasteiger partial charge is 0.383 e. The lowest BCUT2D eigenvalue weighted by molar-refractivity contribution is -0.385. The minimum absolute atomic E-state index is 0.147. The number of hydrogen-bond acceptors (Lipinski definition) is 5. The third kappa shape index (κ3) is 3.97. The summed E-state index contributed by atoms with van der Waals surface area (Å²) in [6, 6.07) is 4.67. The molecule has 0 aliphatic carbocycles. The maximum absolute atomic E-state index is 12.7. The minimum Gasteiger partial charge on any atom is -0.383 e. The number of rotatable bonds is 5. The third-order valence-corrected chi connectivity index (χ3v) is 2.95. The highest BCUT2D eigenvalue weighted by atomic mass is 19.4. The largest absolute Gasteiger partial charge is 0.417 e. The van der Waals surface area contributed by atoms with Crippen molar-refractivity contribution in [2.45, 2.75) is 12.7 Å². The second-order valence-corrected chi connectivity index (χ2v) is 4.52. The number of halogens is 3. The summed E-state index contributed by atoms with van der Waals surface area (Å²) in [4.78, 5) is 9.93. The summed E-state index contributed by atoms with van der Waals surface area (Å²) in [6.07, 6.45) is -2.24. The van der Waals surface area contributed by atoms with Gasteiger partial charge in [-0.15, -0.1) is 0 Å². The lowest BCUT2D eigenvalue weighted by Gasteiger charge is -2.11. The van der Waals surface area contributed by atoms with Crippen LogP contribution in [0.1, 0.15) is 11.1 Å². The Kier molecular flexibility index (Phi) is 4.49. The van der Waals surface area contributed by atoms with Crippen LogP contribution in [0.15, 0.2) is 30.6 Å². The highest BCUT2D eigenvalue weighted by Crippen LogP contribution is 2.32. The molecule has 0 saturated carbocycles. The molecule has 1 aromatic heterocycles. The molecule has 0 atom stereocenters. The van der Waals surface area contributed by atoms with Gasteiger partial charge in [0.1, 0.15) is 12.4 Å². The molecule has 120 valence electrons. The molecule has 0 saturated heterocycles. The van der Waals surface area contributed by atoms with Crippen LogP contribution in [0.25, 0.3) is 0 Å². The fourth-order valence-corrected chi connectivity index (χ4v) is 1.88.